The van der Waals surface area contributed by atoms with E-state index < -0.39 is 6.03 Å². The van der Waals surface area contributed by atoms with Crippen LogP contribution in [0.5, 0.6) is 0 Å². The molecule has 9 heteroatoms. The van der Waals surface area contributed by atoms with E-state index in [1.807, 2.05) is 0 Å². The number of hydrogen-bond donors (Lipinski definition) is 2. The summed E-state index contributed by atoms with van der Waals surface area (Å²) in [7, 11) is 0. The summed E-state index contributed by atoms with van der Waals surface area (Å²) >= 11 is 24.1. The minimum absolute atomic E-state index is 0.233. The maximum atomic E-state index is 12.1. The highest BCUT2D eigenvalue weighted by molar-refractivity contribution is 6.35. The third-order valence-corrected chi connectivity index (χ3v) is 4.48. The predicted octanol–water partition coefficient (Wildman–Crippen LogP) is 6.19. The van der Waals surface area contributed by atoms with Gasteiger partial charge >= 0.3 is 6.03 Å². The number of hydrogen-bond acceptors (Lipinski definition) is 2. The first-order valence-corrected chi connectivity index (χ1v) is 8.92. The molecule has 0 unspecified atom stereocenters. The molecule has 1 heterocycles. The number of halogens is 4. The molecule has 0 aliphatic heterocycles. The van der Waals surface area contributed by atoms with Crippen LogP contribution in [-0.4, -0.2) is 15.8 Å². The van der Waals surface area contributed by atoms with E-state index in [2.05, 4.69) is 15.7 Å². The lowest BCUT2D eigenvalue weighted by molar-refractivity contribution is 0.262. The SMILES string of the molecule is O=C(Nc1cccc(Cl)c1)Nc1nn(Cc2ccc(Cl)cc2Cl)cc1Cl. The number of benzene rings is 2. The molecule has 26 heavy (non-hydrogen) atoms. The number of anilines is 2. The van der Waals surface area contributed by atoms with Crippen molar-refractivity contribution in [1.29, 1.82) is 0 Å². The van der Waals surface area contributed by atoms with Gasteiger partial charge in [-0.15, -0.1) is 0 Å². The molecular weight excluding hydrogens is 418 g/mol. The van der Waals surface area contributed by atoms with Crippen LogP contribution in [0.1, 0.15) is 5.56 Å². The fourth-order valence-corrected chi connectivity index (χ4v) is 3.08. The van der Waals surface area contributed by atoms with Gasteiger partial charge in [-0.3, -0.25) is 10.00 Å². The van der Waals surface area contributed by atoms with E-state index in [0.717, 1.165) is 5.56 Å². The van der Waals surface area contributed by atoms with Gasteiger partial charge in [-0.05, 0) is 35.9 Å². The molecule has 1 aromatic heterocycles. The fourth-order valence-electron chi connectivity index (χ4n) is 2.22. The second-order valence-corrected chi connectivity index (χ2v) is 7.04. The second-order valence-electron chi connectivity index (χ2n) is 5.35. The molecule has 0 atom stereocenters. The molecule has 2 amide bonds. The van der Waals surface area contributed by atoms with Gasteiger partial charge in [-0.1, -0.05) is 58.5 Å². The van der Waals surface area contributed by atoms with Crippen molar-refractivity contribution in [3.05, 3.63) is 74.3 Å². The van der Waals surface area contributed by atoms with Crippen molar-refractivity contribution in [2.45, 2.75) is 6.54 Å². The van der Waals surface area contributed by atoms with Crippen LogP contribution in [0.3, 0.4) is 0 Å². The van der Waals surface area contributed by atoms with Crippen molar-refractivity contribution in [2.24, 2.45) is 0 Å². The molecule has 5 nitrogen and oxygen atoms in total. The van der Waals surface area contributed by atoms with E-state index in [1.54, 1.807) is 53.3 Å². The summed E-state index contributed by atoms with van der Waals surface area (Å²) in [6, 6.07) is 11.5. The first kappa shape index (κ1) is 18.9. The molecule has 0 saturated heterocycles. The highest BCUT2D eigenvalue weighted by Gasteiger charge is 2.12. The predicted molar refractivity (Wildman–Crippen MR) is 107 cm³/mol. The van der Waals surface area contributed by atoms with Gasteiger partial charge in [0, 0.05) is 27.0 Å². The summed E-state index contributed by atoms with van der Waals surface area (Å²) in [6.45, 7) is 0.382. The molecule has 2 aromatic carbocycles. The molecule has 0 radical (unpaired) electrons. The van der Waals surface area contributed by atoms with Crippen molar-refractivity contribution in [3.63, 3.8) is 0 Å². The van der Waals surface area contributed by atoms with Crippen molar-refractivity contribution in [1.82, 2.24) is 9.78 Å². The molecule has 0 aliphatic carbocycles. The summed E-state index contributed by atoms with van der Waals surface area (Å²) in [5.41, 5.74) is 1.38. The minimum atomic E-state index is -0.482. The van der Waals surface area contributed by atoms with Gasteiger partial charge in [-0.2, -0.15) is 5.10 Å². The Morgan fingerprint density at radius 3 is 2.46 bits per heavy atom. The first-order valence-electron chi connectivity index (χ1n) is 7.41. The van der Waals surface area contributed by atoms with E-state index in [9.17, 15) is 4.79 Å². The van der Waals surface area contributed by atoms with Gasteiger partial charge in [0.25, 0.3) is 0 Å². The van der Waals surface area contributed by atoms with Gasteiger partial charge in [0.1, 0.15) is 5.02 Å². The van der Waals surface area contributed by atoms with E-state index in [4.69, 9.17) is 46.4 Å². The number of amides is 2. The third-order valence-electron chi connectivity index (χ3n) is 3.38. The lowest BCUT2D eigenvalue weighted by Gasteiger charge is -2.07. The highest BCUT2D eigenvalue weighted by atomic mass is 35.5. The average molecular weight is 430 g/mol. The van der Waals surface area contributed by atoms with Gasteiger partial charge in [0.15, 0.2) is 5.82 Å². The highest BCUT2D eigenvalue weighted by Crippen LogP contribution is 2.24. The average Bonchev–Trinajstić information content (AvgIpc) is 2.89. The summed E-state index contributed by atoms with van der Waals surface area (Å²) in [6.07, 6.45) is 1.60. The van der Waals surface area contributed by atoms with E-state index in [1.165, 1.54) is 0 Å². The number of aromatic nitrogens is 2. The summed E-state index contributed by atoms with van der Waals surface area (Å²) < 4.78 is 1.58. The maximum absolute atomic E-state index is 12.1. The quantitative estimate of drug-likeness (QED) is 0.519. The zero-order chi connectivity index (χ0) is 18.7. The lowest BCUT2D eigenvalue weighted by atomic mass is 10.2. The molecule has 0 fully saturated rings. The smallest absolute Gasteiger partial charge is 0.308 e. The van der Waals surface area contributed by atoms with E-state index in [-0.39, 0.29) is 5.82 Å². The number of carbonyl (C=O) groups is 1. The van der Waals surface area contributed by atoms with Crippen molar-refractivity contribution < 1.29 is 4.79 Å². The van der Waals surface area contributed by atoms with Gasteiger partial charge in [0.2, 0.25) is 0 Å². The van der Waals surface area contributed by atoms with Crippen LogP contribution >= 0.6 is 46.4 Å². The Balaban J connectivity index is 1.68. The Morgan fingerprint density at radius 1 is 0.962 bits per heavy atom. The van der Waals surface area contributed by atoms with Crippen molar-refractivity contribution in [3.8, 4) is 0 Å². The van der Waals surface area contributed by atoms with Crippen molar-refractivity contribution in [2.75, 3.05) is 10.6 Å². The van der Waals surface area contributed by atoms with Crippen LogP contribution in [0, 0.1) is 0 Å². The van der Waals surface area contributed by atoms with Crippen LogP contribution in [0.15, 0.2) is 48.7 Å². The van der Waals surface area contributed by atoms with E-state index in [0.29, 0.717) is 32.3 Å². The van der Waals surface area contributed by atoms with Gasteiger partial charge < -0.3 is 5.32 Å². The Kier molecular flexibility index (Phi) is 5.94. The number of nitrogens with zero attached hydrogens (tertiary/aromatic N) is 2. The molecule has 0 aliphatic rings. The summed E-state index contributed by atoms with van der Waals surface area (Å²) in [4.78, 5) is 12.1. The molecule has 0 bridgehead atoms. The van der Waals surface area contributed by atoms with Crippen LogP contribution in [0.2, 0.25) is 20.1 Å². The van der Waals surface area contributed by atoms with Crippen LogP contribution in [-0.2, 0) is 6.54 Å². The summed E-state index contributed by atoms with van der Waals surface area (Å²) in [5, 5.41) is 11.4. The number of rotatable bonds is 4. The normalized spacial score (nSPS) is 10.6. The van der Waals surface area contributed by atoms with Crippen LogP contribution in [0.4, 0.5) is 16.3 Å². The topological polar surface area (TPSA) is 59.0 Å². The third kappa shape index (κ3) is 4.83. The van der Waals surface area contributed by atoms with Gasteiger partial charge in [-0.25, -0.2) is 4.79 Å². The Labute approximate surface area is 169 Å². The van der Waals surface area contributed by atoms with Crippen LogP contribution in [0.25, 0.3) is 0 Å². The van der Waals surface area contributed by atoms with Gasteiger partial charge in [0.05, 0.1) is 6.54 Å². The van der Waals surface area contributed by atoms with E-state index >= 15 is 0 Å². The Hall–Kier alpha value is -1.92. The summed E-state index contributed by atoms with van der Waals surface area (Å²) in [5.74, 6) is 0.233. The molecule has 134 valence electrons. The maximum Gasteiger partial charge on any atom is 0.324 e. The second kappa shape index (κ2) is 8.18. The molecule has 0 spiro atoms. The minimum Gasteiger partial charge on any atom is -0.308 e. The molecule has 0 saturated carbocycles. The lowest BCUT2D eigenvalue weighted by Crippen LogP contribution is -2.20. The van der Waals surface area contributed by atoms with Crippen LogP contribution < -0.4 is 10.6 Å². The number of urea groups is 1. The Morgan fingerprint density at radius 2 is 1.73 bits per heavy atom. The molecule has 2 N–H and O–H groups in total. The number of nitrogens with one attached hydrogen (secondary N) is 2. The first-order chi connectivity index (χ1) is 12.4. The fraction of sp³-hybridized carbons (Fsp3) is 0.0588. The molecule has 3 aromatic rings. The largest absolute Gasteiger partial charge is 0.324 e. The standard InChI is InChI=1S/C17H12Cl4N4O/c18-11-2-1-3-13(6-11)22-17(26)23-16-15(21)9-25(24-16)8-10-4-5-12(19)7-14(10)20/h1-7,9H,8H2,(H2,22,23,24,26). The molecule has 3 rings (SSSR count). The number of carbonyl (C=O) groups excluding carboxylic acids is 1. The van der Waals surface area contributed by atoms with Crippen molar-refractivity contribution >= 4 is 63.9 Å². The zero-order valence-electron chi connectivity index (χ0n) is 13.1. The Bertz CT molecular complexity index is 958. The zero-order valence-corrected chi connectivity index (χ0v) is 16.2. The monoisotopic (exact) mass is 428 g/mol. The molecular formula is C17H12Cl4N4O.